The number of imidazole rings is 1. The average molecular weight is 719 g/mol. The largest absolute Gasteiger partial charge is 0.444 e. The highest BCUT2D eigenvalue weighted by molar-refractivity contribution is 5.97. The predicted molar refractivity (Wildman–Crippen MR) is 204 cm³/mol. The summed E-state index contributed by atoms with van der Waals surface area (Å²) < 4.78 is 13.8. The Morgan fingerprint density at radius 3 is 2.53 bits per heavy atom. The number of amides is 2. The lowest BCUT2D eigenvalue weighted by atomic mass is 9.97. The zero-order chi connectivity index (χ0) is 37.1. The molecule has 1 N–H and O–H groups in total. The Hall–Kier alpha value is -5.07. The van der Waals surface area contributed by atoms with Gasteiger partial charge in [0.2, 0.25) is 0 Å². The minimum Gasteiger partial charge on any atom is -0.444 e. The SMILES string of the molecule is CCN(Cc1cncc(-c2ccc3c(c2)c(-c2ncc(C(=O)N4CCN(Cc5ccccc5)CC4)[nH]2)nn3C2CCCCO2)c1C)C(=O)OC(C)(C)C. The van der Waals surface area contributed by atoms with Gasteiger partial charge in [-0.05, 0) is 88.3 Å². The fourth-order valence-electron chi connectivity index (χ4n) is 7.15. The minimum atomic E-state index is -0.583. The molecule has 278 valence electrons. The molecule has 0 radical (unpaired) electrons. The van der Waals surface area contributed by atoms with E-state index in [0.29, 0.717) is 50.0 Å². The van der Waals surface area contributed by atoms with Gasteiger partial charge in [-0.1, -0.05) is 36.4 Å². The number of aromatic nitrogens is 5. The molecule has 2 aliphatic rings. The molecule has 2 amide bonds. The summed E-state index contributed by atoms with van der Waals surface area (Å²) in [5.74, 6) is 0.474. The van der Waals surface area contributed by atoms with Crippen LogP contribution in [0.25, 0.3) is 33.5 Å². The smallest absolute Gasteiger partial charge is 0.410 e. The predicted octanol–water partition coefficient (Wildman–Crippen LogP) is 7.21. The monoisotopic (exact) mass is 718 g/mol. The summed E-state index contributed by atoms with van der Waals surface area (Å²) >= 11 is 0. The number of piperazine rings is 1. The molecule has 0 spiro atoms. The van der Waals surface area contributed by atoms with E-state index < -0.39 is 5.60 Å². The van der Waals surface area contributed by atoms with Gasteiger partial charge >= 0.3 is 6.09 Å². The Morgan fingerprint density at radius 2 is 1.81 bits per heavy atom. The van der Waals surface area contributed by atoms with Crippen LogP contribution in [0.2, 0.25) is 0 Å². The molecule has 5 aromatic rings. The van der Waals surface area contributed by atoms with Crippen LogP contribution in [-0.2, 0) is 22.6 Å². The van der Waals surface area contributed by atoms with Crippen LogP contribution in [0.3, 0.4) is 0 Å². The number of benzene rings is 2. The number of carbonyl (C=O) groups is 2. The van der Waals surface area contributed by atoms with Gasteiger partial charge in [0, 0.05) is 69.2 Å². The van der Waals surface area contributed by atoms with Gasteiger partial charge in [0.15, 0.2) is 12.1 Å². The third-order valence-electron chi connectivity index (χ3n) is 10.1. The van der Waals surface area contributed by atoms with E-state index in [2.05, 4.69) is 64.3 Å². The topological polar surface area (TPSA) is 122 Å². The first-order chi connectivity index (χ1) is 25.6. The van der Waals surface area contributed by atoms with Gasteiger partial charge in [0.05, 0.1) is 18.3 Å². The summed E-state index contributed by atoms with van der Waals surface area (Å²) in [5.41, 5.74) is 6.62. The number of nitrogens with one attached hydrogen (secondary N) is 1. The highest BCUT2D eigenvalue weighted by Crippen LogP contribution is 2.36. The third-order valence-corrected chi connectivity index (χ3v) is 10.1. The van der Waals surface area contributed by atoms with Crippen molar-refractivity contribution in [1.82, 2.24) is 39.4 Å². The molecule has 1 unspecified atom stereocenters. The van der Waals surface area contributed by atoms with Crippen molar-refractivity contribution >= 4 is 22.9 Å². The summed E-state index contributed by atoms with van der Waals surface area (Å²) in [5, 5.41) is 5.98. The van der Waals surface area contributed by atoms with Crippen LogP contribution in [0.4, 0.5) is 4.79 Å². The van der Waals surface area contributed by atoms with E-state index in [1.165, 1.54) is 5.56 Å². The number of H-pyrrole nitrogens is 1. The molecular formula is C41H50N8O4. The fourth-order valence-corrected chi connectivity index (χ4v) is 7.15. The number of nitrogens with zero attached hydrogens (tertiary/aromatic N) is 7. The van der Waals surface area contributed by atoms with Crippen molar-refractivity contribution in [3.05, 3.63) is 89.5 Å². The van der Waals surface area contributed by atoms with Crippen molar-refractivity contribution in [2.45, 2.75) is 78.8 Å². The van der Waals surface area contributed by atoms with E-state index in [4.69, 9.17) is 19.6 Å². The molecule has 7 rings (SSSR count). The molecule has 12 heteroatoms. The summed E-state index contributed by atoms with van der Waals surface area (Å²) in [6.45, 7) is 15.0. The quantitative estimate of drug-likeness (QED) is 0.170. The van der Waals surface area contributed by atoms with Crippen LogP contribution >= 0.6 is 0 Å². The second-order valence-electron chi connectivity index (χ2n) is 15.0. The van der Waals surface area contributed by atoms with Gasteiger partial charge in [0.25, 0.3) is 5.91 Å². The molecule has 5 heterocycles. The summed E-state index contributed by atoms with van der Waals surface area (Å²) in [6, 6.07) is 16.7. The molecule has 0 saturated carbocycles. The number of aromatic amines is 1. The standard InChI is InChI=1S/C41H50N8O4/c1-6-47(40(51)53-41(3,4)5)27-31-23-42-24-33(28(31)2)30-15-16-35-32(22-30)37(45-49(35)36-14-10-11-21-52-36)38-43-25-34(44-38)39(50)48-19-17-46(18-20-48)26-29-12-8-7-9-13-29/h7-9,12-13,15-16,22-25,36H,6,10-11,14,17-21,26-27H2,1-5H3,(H,43,44). The Kier molecular flexibility index (Phi) is 10.6. The first kappa shape index (κ1) is 36.3. The van der Waals surface area contributed by atoms with E-state index in [9.17, 15) is 9.59 Å². The van der Waals surface area contributed by atoms with Crippen molar-refractivity contribution in [3.8, 4) is 22.6 Å². The van der Waals surface area contributed by atoms with Crippen LogP contribution in [0.5, 0.6) is 0 Å². The van der Waals surface area contributed by atoms with Crippen molar-refractivity contribution < 1.29 is 19.1 Å². The van der Waals surface area contributed by atoms with E-state index in [1.807, 2.05) is 55.7 Å². The van der Waals surface area contributed by atoms with Gasteiger partial charge in [-0.25, -0.2) is 14.5 Å². The Balaban J connectivity index is 1.16. The zero-order valence-electron chi connectivity index (χ0n) is 31.5. The number of ether oxygens (including phenoxy) is 2. The van der Waals surface area contributed by atoms with E-state index in [-0.39, 0.29) is 18.2 Å². The third kappa shape index (κ3) is 8.13. The van der Waals surface area contributed by atoms with Crippen LogP contribution in [0.15, 0.2) is 67.1 Å². The van der Waals surface area contributed by atoms with Crippen LogP contribution < -0.4 is 0 Å². The summed E-state index contributed by atoms with van der Waals surface area (Å²) in [6.07, 6.45) is 7.73. The highest BCUT2D eigenvalue weighted by Gasteiger charge is 2.27. The Labute approximate surface area is 311 Å². The lowest BCUT2D eigenvalue weighted by Gasteiger charge is -2.34. The molecule has 2 aromatic carbocycles. The van der Waals surface area contributed by atoms with Crippen molar-refractivity contribution in [2.75, 3.05) is 39.3 Å². The van der Waals surface area contributed by atoms with Gasteiger partial charge < -0.3 is 24.3 Å². The second-order valence-corrected chi connectivity index (χ2v) is 15.0. The number of pyridine rings is 1. The fraction of sp³-hybridized carbons (Fsp3) is 0.439. The summed E-state index contributed by atoms with van der Waals surface area (Å²) in [4.78, 5) is 45.2. The molecule has 3 aromatic heterocycles. The van der Waals surface area contributed by atoms with Gasteiger partial charge in [-0.15, -0.1) is 0 Å². The van der Waals surface area contributed by atoms with E-state index in [1.54, 1.807) is 11.1 Å². The lowest BCUT2D eigenvalue weighted by molar-refractivity contribution is -0.0365. The highest BCUT2D eigenvalue weighted by atomic mass is 16.6. The number of fused-ring (bicyclic) bond motifs is 1. The number of rotatable bonds is 9. The van der Waals surface area contributed by atoms with Crippen molar-refractivity contribution in [3.63, 3.8) is 0 Å². The molecule has 2 fully saturated rings. The molecule has 12 nitrogen and oxygen atoms in total. The maximum absolute atomic E-state index is 13.7. The number of hydrogen-bond donors (Lipinski definition) is 1. The molecule has 0 aliphatic carbocycles. The number of hydrogen-bond acceptors (Lipinski definition) is 8. The van der Waals surface area contributed by atoms with Gasteiger partial charge in [-0.3, -0.25) is 14.7 Å². The van der Waals surface area contributed by atoms with Crippen molar-refractivity contribution in [2.24, 2.45) is 0 Å². The van der Waals surface area contributed by atoms with Gasteiger partial charge in [0.1, 0.15) is 17.0 Å². The van der Waals surface area contributed by atoms with E-state index >= 15 is 0 Å². The zero-order valence-corrected chi connectivity index (χ0v) is 31.5. The molecule has 53 heavy (non-hydrogen) atoms. The number of carbonyl (C=O) groups excluding carboxylic acids is 2. The molecule has 2 saturated heterocycles. The molecule has 1 atom stereocenters. The van der Waals surface area contributed by atoms with Crippen LogP contribution in [0.1, 0.15) is 80.4 Å². The molecule has 0 bridgehead atoms. The Morgan fingerprint density at radius 1 is 1.02 bits per heavy atom. The lowest BCUT2D eigenvalue weighted by Crippen LogP contribution is -2.48. The first-order valence-corrected chi connectivity index (χ1v) is 18.7. The first-order valence-electron chi connectivity index (χ1n) is 18.7. The molecular weight excluding hydrogens is 669 g/mol. The second kappa shape index (κ2) is 15.5. The Bertz CT molecular complexity index is 2050. The normalized spacial score (nSPS) is 16.9. The average Bonchev–Trinajstić information content (AvgIpc) is 3.80. The maximum Gasteiger partial charge on any atom is 0.410 e. The minimum absolute atomic E-state index is 0.0610. The van der Waals surface area contributed by atoms with Crippen LogP contribution in [0, 0.1) is 6.92 Å². The van der Waals surface area contributed by atoms with Crippen molar-refractivity contribution in [1.29, 1.82) is 0 Å². The maximum atomic E-state index is 13.7. The molecule has 2 aliphatic heterocycles. The van der Waals surface area contributed by atoms with E-state index in [0.717, 1.165) is 72.1 Å². The summed E-state index contributed by atoms with van der Waals surface area (Å²) in [7, 11) is 0. The van der Waals surface area contributed by atoms with Gasteiger partial charge in [-0.2, -0.15) is 5.10 Å². The van der Waals surface area contributed by atoms with Crippen LogP contribution in [-0.4, -0.2) is 96.4 Å².